The fourth-order valence-corrected chi connectivity index (χ4v) is 10.5. The van der Waals surface area contributed by atoms with Gasteiger partial charge in [0.1, 0.15) is 17.0 Å². The van der Waals surface area contributed by atoms with Gasteiger partial charge in [0.25, 0.3) is 0 Å². The van der Waals surface area contributed by atoms with Gasteiger partial charge in [-0.25, -0.2) is 0 Å². The molecule has 2 heteroatoms. The maximum absolute atomic E-state index is 12.6. The molecule has 4 saturated carbocycles. The zero-order valence-electron chi connectivity index (χ0n) is 21.5. The van der Waals surface area contributed by atoms with E-state index >= 15 is 0 Å². The number of epoxide rings is 1. The van der Waals surface area contributed by atoms with Gasteiger partial charge in [0.2, 0.25) is 0 Å². The summed E-state index contributed by atoms with van der Waals surface area (Å²) < 4.78 is 7.18. The van der Waals surface area contributed by atoms with Crippen molar-refractivity contribution in [2.45, 2.75) is 130 Å². The minimum absolute atomic E-state index is 0.0574. The number of Topliss-reactive ketones (excluding diaryl/α,β-unsaturated/α-hetero) is 1. The third kappa shape index (κ3) is 2.53. The highest BCUT2D eigenvalue weighted by Gasteiger charge is 2.89. The highest BCUT2D eigenvalue weighted by molar-refractivity contribution is 5.82. The van der Waals surface area contributed by atoms with E-state index in [4.69, 9.17) is 4.74 Å². The lowest BCUT2D eigenvalue weighted by atomic mass is 9.39. The quantitative estimate of drug-likeness (QED) is 0.422. The van der Waals surface area contributed by atoms with Gasteiger partial charge in [-0.2, -0.15) is 0 Å². The van der Waals surface area contributed by atoms with Gasteiger partial charge in [-0.15, -0.1) is 0 Å². The number of ether oxygens (including phenoxy) is 1. The van der Waals surface area contributed by atoms with Crippen LogP contribution in [0.4, 0.5) is 0 Å². The van der Waals surface area contributed by atoms with E-state index in [0.717, 1.165) is 30.6 Å². The van der Waals surface area contributed by atoms with Crippen LogP contribution >= 0.6 is 0 Å². The molecule has 0 aromatic rings. The highest BCUT2D eigenvalue weighted by atomic mass is 16.6. The highest BCUT2D eigenvalue weighted by Crippen LogP contribution is 2.85. The number of carbonyl (C=O) groups excluding carboxylic acids is 1. The Bertz CT molecular complexity index is 758. The van der Waals surface area contributed by atoms with Crippen molar-refractivity contribution in [2.75, 3.05) is 0 Å². The molecule has 0 aromatic heterocycles. The molecule has 0 radical (unpaired) electrons. The largest absolute Gasteiger partial charge is 0.361 e. The standard InChI is InChI=1S/C29H48O2/c1-19(2)9-8-10-20(3)22-11-15-27(7)25(22,5)17-18-28-26(6)14-13-24(30)21(4)23(26)12-16-29(27,28)31-28/h19-23H,8-18H2,1-7H3/t20-,21+,22-,23+,25-,26+,27-,28+,29+/m1/s1. The van der Waals surface area contributed by atoms with Crippen molar-refractivity contribution in [3.8, 4) is 0 Å². The summed E-state index contributed by atoms with van der Waals surface area (Å²) in [5.41, 5.74) is 1.05. The van der Waals surface area contributed by atoms with Crippen LogP contribution in [0.25, 0.3) is 0 Å². The molecule has 2 nitrogen and oxygen atoms in total. The molecule has 176 valence electrons. The molecule has 0 unspecified atom stereocenters. The molecular weight excluding hydrogens is 380 g/mol. The van der Waals surface area contributed by atoms with E-state index in [1.807, 2.05) is 0 Å². The molecule has 1 aliphatic heterocycles. The molecule has 0 N–H and O–H groups in total. The Hall–Kier alpha value is -0.370. The molecule has 5 rings (SSSR count). The minimum Gasteiger partial charge on any atom is -0.361 e. The van der Waals surface area contributed by atoms with Crippen molar-refractivity contribution < 1.29 is 9.53 Å². The van der Waals surface area contributed by atoms with Crippen LogP contribution in [0, 0.1) is 45.8 Å². The predicted molar refractivity (Wildman–Crippen MR) is 127 cm³/mol. The molecule has 1 saturated heterocycles. The van der Waals surface area contributed by atoms with E-state index in [9.17, 15) is 4.79 Å². The Morgan fingerprint density at radius 3 is 2.35 bits per heavy atom. The van der Waals surface area contributed by atoms with Gasteiger partial charge >= 0.3 is 0 Å². The monoisotopic (exact) mass is 428 g/mol. The van der Waals surface area contributed by atoms with Crippen LogP contribution in [0.5, 0.6) is 0 Å². The van der Waals surface area contributed by atoms with E-state index < -0.39 is 0 Å². The third-order valence-electron chi connectivity index (χ3n) is 12.6. The Labute approximate surface area is 191 Å². The maximum Gasteiger partial charge on any atom is 0.136 e. The van der Waals surface area contributed by atoms with Crippen LogP contribution in [0.2, 0.25) is 0 Å². The summed E-state index contributed by atoms with van der Waals surface area (Å²) in [5, 5.41) is 0. The van der Waals surface area contributed by atoms with Gasteiger partial charge in [-0.05, 0) is 74.0 Å². The third-order valence-corrected chi connectivity index (χ3v) is 12.6. The van der Waals surface area contributed by atoms with Gasteiger partial charge in [0.15, 0.2) is 0 Å². The minimum atomic E-state index is 0.0574. The number of carbonyl (C=O) groups is 1. The molecule has 0 bridgehead atoms. The summed E-state index contributed by atoms with van der Waals surface area (Å²) in [6, 6.07) is 0. The van der Waals surface area contributed by atoms with Crippen LogP contribution in [-0.4, -0.2) is 17.0 Å². The first-order chi connectivity index (χ1) is 14.5. The summed E-state index contributed by atoms with van der Waals surface area (Å²) >= 11 is 0. The molecule has 1 heterocycles. The molecule has 0 aromatic carbocycles. The number of ketones is 1. The molecule has 0 amide bonds. The molecule has 0 spiro atoms. The van der Waals surface area contributed by atoms with Gasteiger partial charge in [-0.3, -0.25) is 4.79 Å². The first kappa shape index (κ1) is 22.4. The zero-order valence-corrected chi connectivity index (χ0v) is 21.5. The van der Waals surface area contributed by atoms with Crippen molar-refractivity contribution in [2.24, 2.45) is 45.8 Å². The summed E-state index contributed by atoms with van der Waals surface area (Å²) in [6.45, 7) is 17.3. The second kappa shape index (κ2) is 6.83. The van der Waals surface area contributed by atoms with Crippen molar-refractivity contribution in [3.05, 3.63) is 0 Å². The van der Waals surface area contributed by atoms with Gasteiger partial charge in [-0.1, -0.05) is 67.7 Å². The Kier molecular flexibility index (Phi) is 4.94. The SMILES string of the molecule is CC(C)CCC[C@@H](C)[C@H]1CC[C@@]2(C)[C@@]34CC[C@H]5[C@H](C)C(=O)CC[C@]5(C)[C@]3(CC[C@]12C)O4. The van der Waals surface area contributed by atoms with E-state index in [1.165, 1.54) is 57.8 Å². The smallest absolute Gasteiger partial charge is 0.136 e. The van der Waals surface area contributed by atoms with E-state index in [0.29, 0.717) is 22.5 Å². The number of hydrogen-bond donors (Lipinski definition) is 0. The second-order valence-electron chi connectivity index (χ2n) is 13.8. The van der Waals surface area contributed by atoms with Gasteiger partial charge in [0, 0.05) is 23.2 Å². The van der Waals surface area contributed by atoms with Crippen LogP contribution < -0.4 is 0 Å². The summed E-state index contributed by atoms with van der Waals surface area (Å²) in [7, 11) is 0. The maximum atomic E-state index is 12.6. The summed E-state index contributed by atoms with van der Waals surface area (Å²) in [4.78, 5) is 12.6. The normalized spacial score (nSPS) is 54.1. The lowest BCUT2D eigenvalue weighted by molar-refractivity contribution is -0.141. The first-order valence-electron chi connectivity index (χ1n) is 13.7. The van der Waals surface area contributed by atoms with Crippen molar-refractivity contribution in [1.29, 1.82) is 0 Å². The number of hydrogen-bond acceptors (Lipinski definition) is 2. The van der Waals surface area contributed by atoms with Gasteiger partial charge < -0.3 is 4.74 Å². The average molecular weight is 429 g/mol. The molecule has 4 aliphatic carbocycles. The molecular formula is C29H48O2. The van der Waals surface area contributed by atoms with E-state index in [2.05, 4.69) is 48.5 Å². The van der Waals surface area contributed by atoms with Crippen molar-refractivity contribution in [3.63, 3.8) is 0 Å². The van der Waals surface area contributed by atoms with Crippen LogP contribution in [-0.2, 0) is 9.53 Å². The average Bonchev–Trinajstić information content (AvgIpc) is 3.34. The van der Waals surface area contributed by atoms with Crippen molar-refractivity contribution >= 4 is 5.78 Å². The van der Waals surface area contributed by atoms with E-state index in [-0.39, 0.29) is 22.5 Å². The van der Waals surface area contributed by atoms with Crippen LogP contribution in [0.1, 0.15) is 119 Å². The zero-order chi connectivity index (χ0) is 22.4. The number of rotatable bonds is 5. The predicted octanol–water partition coefficient (Wildman–Crippen LogP) is 7.59. The lowest BCUT2D eigenvalue weighted by Crippen LogP contribution is -2.64. The first-order valence-corrected chi connectivity index (χ1v) is 13.7. The van der Waals surface area contributed by atoms with Crippen molar-refractivity contribution in [1.82, 2.24) is 0 Å². The number of fused-ring (bicyclic) bond motifs is 2. The molecule has 5 fully saturated rings. The fraction of sp³-hybridized carbons (Fsp3) is 0.966. The van der Waals surface area contributed by atoms with Crippen LogP contribution in [0.15, 0.2) is 0 Å². The van der Waals surface area contributed by atoms with E-state index in [1.54, 1.807) is 0 Å². The summed E-state index contributed by atoms with van der Waals surface area (Å²) in [6.07, 6.45) is 13.7. The van der Waals surface area contributed by atoms with Crippen LogP contribution in [0.3, 0.4) is 0 Å². The summed E-state index contributed by atoms with van der Waals surface area (Å²) in [5.74, 6) is 3.77. The molecule has 9 atom stereocenters. The topological polar surface area (TPSA) is 29.6 Å². The Morgan fingerprint density at radius 2 is 1.65 bits per heavy atom. The lowest BCUT2D eigenvalue weighted by Gasteiger charge is -2.61. The fourth-order valence-electron chi connectivity index (χ4n) is 10.5. The second-order valence-corrected chi connectivity index (χ2v) is 13.8. The Morgan fingerprint density at radius 1 is 0.903 bits per heavy atom. The Balaban J connectivity index is 1.43. The molecule has 5 aliphatic rings. The van der Waals surface area contributed by atoms with Gasteiger partial charge in [0.05, 0.1) is 0 Å². The molecule has 31 heavy (non-hydrogen) atoms.